The number of carboxylic acids is 1. The Bertz CT molecular complexity index is 404. The van der Waals surface area contributed by atoms with E-state index in [2.05, 4.69) is 4.90 Å². The predicted molar refractivity (Wildman–Crippen MR) is 70.3 cm³/mol. The molecule has 2 atom stereocenters. The van der Waals surface area contributed by atoms with Gasteiger partial charge in [0.05, 0.1) is 6.10 Å². The van der Waals surface area contributed by atoms with E-state index in [1.165, 1.54) is 17.7 Å². The average Bonchev–Trinajstić information content (AvgIpc) is 3.20. The fraction of sp³-hybridized carbons (Fsp3) is 0.846. The van der Waals surface area contributed by atoms with Gasteiger partial charge in [-0.1, -0.05) is 0 Å². The highest BCUT2D eigenvalue weighted by Crippen LogP contribution is 2.28. The molecule has 0 unspecified atom stereocenters. The molecule has 0 spiro atoms. The second-order valence-electron chi connectivity index (χ2n) is 5.93. The van der Waals surface area contributed by atoms with Crippen LogP contribution in [0.3, 0.4) is 0 Å². The molecule has 0 aromatic heterocycles. The summed E-state index contributed by atoms with van der Waals surface area (Å²) in [4.78, 5) is 29.0. The lowest BCUT2D eigenvalue weighted by Gasteiger charge is -2.37. The van der Waals surface area contributed by atoms with Crippen molar-refractivity contribution >= 4 is 12.0 Å². The third-order valence-electron chi connectivity index (χ3n) is 4.46. The van der Waals surface area contributed by atoms with Crippen molar-refractivity contribution in [2.45, 2.75) is 37.5 Å². The summed E-state index contributed by atoms with van der Waals surface area (Å²) in [6, 6.07) is -0.434. The highest BCUT2D eigenvalue weighted by molar-refractivity contribution is 5.83. The van der Waals surface area contributed by atoms with Crippen LogP contribution in [0.2, 0.25) is 0 Å². The smallest absolute Gasteiger partial charge is 0.326 e. The van der Waals surface area contributed by atoms with Crippen LogP contribution in [0.1, 0.15) is 19.3 Å². The number of urea groups is 1. The number of nitrogens with zero attached hydrogens (tertiary/aromatic N) is 3. The molecule has 7 nitrogen and oxygen atoms in total. The van der Waals surface area contributed by atoms with E-state index in [0.29, 0.717) is 19.1 Å². The lowest BCUT2D eigenvalue weighted by Crippen LogP contribution is -2.55. The molecule has 2 aliphatic heterocycles. The first kappa shape index (κ1) is 13.6. The zero-order valence-electron chi connectivity index (χ0n) is 11.4. The summed E-state index contributed by atoms with van der Waals surface area (Å²) in [6.45, 7) is 3.15. The molecule has 2 amide bonds. The van der Waals surface area contributed by atoms with Crippen molar-refractivity contribution in [1.82, 2.24) is 14.7 Å². The number of hydrogen-bond donors (Lipinski definition) is 2. The molecule has 2 saturated heterocycles. The summed E-state index contributed by atoms with van der Waals surface area (Å²) in [5.74, 6) is -1.04. The summed E-state index contributed by atoms with van der Waals surface area (Å²) in [7, 11) is 0. The molecule has 2 heterocycles. The van der Waals surface area contributed by atoms with Gasteiger partial charge in [-0.2, -0.15) is 0 Å². The van der Waals surface area contributed by atoms with Gasteiger partial charge in [-0.05, 0) is 12.8 Å². The molecule has 1 saturated carbocycles. The summed E-state index contributed by atoms with van der Waals surface area (Å²) < 4.78 is 0. The molecule has 3 fully saturated rings. The first-order chi connectivity index (χ1) is 9.56. The van der Waals surface area contributed by atoms with E-state index in [1.807, 2.05) is 0 Å². The van der Waals surface area contributed by atoms with Gasteiger partial charge in [0.25, 0.3) is 0 Å². The van der Waals surface area contributed by atoms with Crippen LogP contribution < -0.4 is 0 Å². The number of carboxylic acid groups (broad SMARTS) is 1. The molecule has 1 aliphatic carbocycles. The lowest BCUT2D eigenvalue weighted by molar-refractivity contribution is -0.141. The summed E-state index contributed by atoms with van der Waals surface area (Å²) in [6.07, 6.45) is 1.91. The zero-order chi connectivity index (χ0) is 14.3. The number of hydrogen-bond acceptors (Lipinski definition) is 4. The highest BCUT2D eigenvalue weighted by Gasteiger charge is 2.41. The van der Waals surface area contributed by atoms with Gasteiger partial charge in [0.15, 0.2) is 0 Å². The van der Waals surface area contributed by atoms with Gasteiger partial charge in [-0.15, -0.1) is 0 Å². The normalized spacial score (nSPS) is 31.6. The Hall–Kier alpha value is -1.34. The standard InChI is InChI=1S/C13H21N3O4/c17-10-7-11(12(18)19)16(8-10)13(20)15-5-3-14(4-6-15)9-1-2-9/h9-11,17H,1-8H2,(H,18,19)/t10-,11-/m0/s1. The number of rotatable bonds is 2. The van der Waals surface area contributed by atoms with Crippen LogP contribution in [0, 0.1) is 0 Å². The Morgan fingerprint density at radius 2 is 1.70 bits per heavy atom. The van der Waals surface area contributed by atoms with Crippen LogP contribution in [0.4, 0.5) is 4.79 Å². The molecular weight excluding hydrogens is 262 g/mol. The summed E-state index contributed by atoms with van der Waals surface area (Å²) in [5.41, 5.74) is 0. The van der Waals surface area contributed by atoms with Crippen LogP contribution in [0.25, 0.3) is 0 Å². The van der Waals surface area contributed by atoms with Gasteiger partial charge >= 0.3 is 12.0 Å². The number of β-amino-alcohol motifs (C(OH)–C–C–N with tert-alkyl or cyclic N) is 1. The number of aliphatic carboxylic acids is 1. The zero-order valence-corrected chi connectivity index (χ0v) is 11.4. The molecule has 3 aliphatic rings. The predicted octanol–water partition coefficient (Wildman–Crippen LogP) is -0.594. The topological polar surface area (TPSA) is 84.3 Å². The van der Waals surface area contributed by atoms with Gasteiger partial charge in [0.1, 0.15) is 6.04 Å². The van der Waals surface area contributed by atoms with E-state index in [0.717, 1.165) is 13.1 Å². The minimum absolute atomic E-state index is 0.124. The number of aliphatic hydroxyl groups is 1. The van der Waals surface area contributed by atoms with Gasteiger partial charge in [-0.25, -0.2) is 9.59 Å². The van der Waals surface area contributed by atoms with E-state index in [9.17, 15) is 14.7 Å². The molecule has 0 aromatic rings. The highest BCUT2D eigenvalue weighted by atomic mass is 16.4. The number of likely N-dealkylation sites (tertiary alicyclic amines) is 1. The third kappa shape index (κ3) is 2.60. The number of carbonyl (C=O) groups excluding carboxylic acids is 1. The van der Waals surface area contributed by atoms with Gasteiger partial charge < -0.3 is 20.0 Å². The van der Waals surface area contributed by atoms with Crippen molar-refractivity contribution < 1.29 is 19.8 Å². The monoisotopic (exact) mass is 283 g/mol. The summed E-state index contributed by atoms with van der Waals surface area (Å²) >= 11 is 0. The number of aliphatic hydroxyl groups excluding tert-OH is 1. The fourth-order valence-corrected chi connectivity index (χ4v) is 3.16. The van der Waals surface area contributed by atoms with Crippen LogP contribution >= 0.6 is 0 Å². The molecule has 0 radical (unpaired) electrons. The van der Waals surface area contributed by atoms with Crippen LogP contribution in [0.15, 0.2) is 0 Å². The molecule has 112 valence electrons. The van der Waals surface area contributed by atoms with Crippen molar-refractivity contribution in [1.29, 1.82) is 0 Å². The Kier molecular flexibility index (Phi) is 3.55. The Morgan fingerprint density at radius 1 is 1.05 bits per heavy atom. The van der Waals surface area contributed by atoms with Crippen molar-refractivity contribution in [3.8, 4) is 0 Å². The first-order valence-corrected chi connectivity index (χ1v) is 7.26. The minimum atomic E-state index is -1.04. The SMILES string of the molecule is O=C(O)[C@@H]1C[C@H](O)CN1C(=O)N1CCN(C2CC2)CC1. The third-order valence-corrected chi connectivity index (χ3v) is 4.46. The first-order valence-electron chi connectivity index (χ1n) is 7.26. The summed E-state index contributed by atoms with van der Waals surface area (Å²) in [5, 5.41) is 18.7. The maximum absolute atomic E-state index is 12.4. The molecular formula is C13H21N3O4. The van der Waals surface area contributed by atoms with Crippen molar-refractivity contribution in [3.05, 3.63) is 0 Å². The largest absolute Gasteiger partial charge is 0.480 e. The quantitative estimate of drug-likeness (QED) is 0.707. The van der Waals surface area contributed by atoms with E-state index in [-0.39, 0.29) is 19.0 Å². The van der Waals surface area contributed by atoms with Crippen LogP contribution in [0.5, 0.6) is 0 Å². The van der Waals surface area contributed by atoms with Crippen molar-refractivity contribution in [3.63, 3.8) is 0 Å². The van der Waals surface area contributed by atoms with E-state index < -0.39 is 18.1 Å². The molecule has 0 bridgehead atoms. The van der Waals surface area contributed by atoms with Gasteiger partial charge in [-0.3, -0.25) is 4.90 Å². The molecule has 3 rings (SSSR count). The molecule has 2 N–H and O–H groups in total. The minimum Gasteiger partial charge on any atom is -0.480 e. The van der Waals surface area contributed by atoms with Crippen LogP contribution in [-0.4, -0.2) is 87.8 Å². The molecule has 7 heteroatoms. The maximum atomic E-state index is 12.4. The fourth-order valence-electron chi connectivity index (χ4n) is 3.16. The number of piperazine rings is 1. The van der Waals surface area contributed by atoms with E-state index >= 15 is 0 Å². The van der Waals surface area contributed by atoms with Crippen molar-refractivity contribution in [2.75, 3.05) is 32.7 Å². The second-order valence-corrected chi connectivity index (χ2v) is 5.93. The molecule has 20 heavy (non-hydrogen) atoms. The van der Waals surface area contributed by atoms with Crippen molar-refractivity contribution in [2.24, 2.45) is 0 Å². The molecule has 0 aromatic carbocycles. The Labute approximate surface area is 117 Å². The van der Waals surface area contributed by atoms with Gasteiger partial charge in [0.2, 0.25) is 0 Å². The second kappa shape index (κ2) is 5.21. The Morgan fingerprint density at radius 3 is 2.25 bits per heavy atom. The maximum Gasteiger partial charge on any atom is 0.326 e. The average molecular weight is 283 g/mol. The number of amides is 2. The van der Waals surface area contributed by atoms with E-state index in [1.54, 1.807) is 4.90 Å². The van der Waals surface area contributed by atoms with Crippen LogP contribution in [-0.2, 0) is 4.79 Å². The van der Waals surface area contributed by atoms with Gasteiger partial charge in [0, 0.05) is 45.2 Å². The van der Waals surface area contributed by atoms with E-state index in [4.69, 9.17) is 5.11 Å². The lowest BCUT2D eigenvalue weighted by atomic mass is 10.2. The Balaban J connectivity index is 1.59. The number of carbonyl (C=O) groups is 2.